The van der Waals surface area contributed by atoms with E-state index >= 15 is 0 Å². The first kappa shape index (κ1) is 17.8. The van der Waals surface area contributed by atoms with Crippen molar-refractivity contribution >= 4 is 11.9 Å². The summed E-state index contributed by atoms with van der Waals surface area (Å²) in [6.45, 7) is 1.32. The third kappa shape index (κ3) is 4.64. The summed E-state index contributed by atoms with van der Waals surface area (Å²) < 4.78 is 46.7. The van der Waals surface area contributed by atoms with Gasteiger partial charge in [-0.25, -0.2) is 4.79 Å². The molecule has 0 unspecified atom stereocenters. The smallest absolute Gasteiger partial charge is 0.471 e. The Morgan fingerprint density at radius 2 is 1.77 bits per heavy atom. The number of methoxy groups -OCH3 is 1. The Morgan fingerprint density at radius 3 is 2.23 bits per heavy atom. The number of benzene rings is 1. The minimum absolute atomic E-state index is 0.115. The van der Waals surface area contributed by atoms with Crippen molar-refractivity contribution in [3.05, 3.63) is 29.8 Å². The van der Waals surface area contributed by atoms with Crippen molar-refractivity contribution in [2.24, 2.45) is 0 Å². The average molecular weight is 319 g/mol. The van der Waals surface area contributed by atoms with E-state index in [1.807, 2.05) is 0 Å². The number of halogens is 3. The highest BCUT2D eigenvalue weighted by Crippen LogP contribution is 2.19. The average Bonchev–Trinajstić information content (AvgIpc) is 2.49. The second-order valence-corrected chi connectivity index (χ2v) is 4.59. The third-order valence-electron chi connectivity index (χ3n) is 2.99. The summed E-state index contributed by atoms with van der Waals surface area (Å²) in [4.78, 5) is 22.9. The fraction of sp³-hybridized carbons (Fsp3) is 0.429. The SMILES string of the molecule is COC(=O)c1ccc(OC[C@H](C)N(C)C(=O)C(F)(F)F)cc1. The zero-order chi connectivity index (χ0) is 16.9. The Morgan fingerprint density at radius 1 is 1.23 bits per heavy atom. The molecule has 0 spiro atoms. The molecule has 0 heterocycles. The van der Waals surface area contributed by atoms with E-state index in [1.54, 1.807) is 0 Å². The molecule has 8 heteroatoms. The first-order valence-electron chi connectivity index (χ1n) is 6.32. The van der Waals surface area contributed by atoms with Gasteiger partial charge in [0.05, 0.1) is 18.7 Å². The molecule has 1 rings (SSSR count). The maximum atomic E-state index is 12.3. The minimum atomic E-state index is -4.91. The number of rotatable bonds is 5. The number of carbonyl (C=O) groups is 2. The molecule has 1 amide bonds. The lowest BCUT2D eigenvalue weighted by atomic mass is 10.2. The second kappa shape index (κ2) is 7.15. The first-order chi connectivity index (χ1) is 10.2. The second-order valence-electron chi connectivity index (χ2n) is 4.59. The molecule has 0 saturated heterocycles. The van der Waals surface area contributed by atoms with Crippen LogP contribution < -0.4 is 4.74 Å². The van der Waals surface area contributed by atoms with E-state index in [0.29, 0.717) is 16.2 Å². The minimum Gasteiger partial charge on any atom is -0.491 e. The van der Waals surface area contributed by atoms with Crippen molar-refractivity contribution in [1.82, 2.24) is 4.90 Å². The fourth-order valence-electron chi connectivity index (χ4n) is 1.53. The highest BCUT2D eigenvalue weighted by atomic mass is 19.4. The van der Waals surface area contributed by atoms with Crippen molar-refractivity contribution in [3.63, 3.8) is 0 Å². The molecular formula is C14H16F3NO4. The van der Waals surface area contributed by atoms with Crippen LogP contribution in [-0.2, 0) is 9.53 Å². The summed E-state index contributed by atoms with van der Waals surface area (Å²) in [5, 5.41) is 0. The predicted octanol–water partition coefficient (Wildman–Crippen LogP) is 2.26. The number of nitrogens with zero attached hydrogens (tertiary/aromatic N) is 1. The van der Waals surface area contributed by atoms with Crippen molar-refractivity contribution < 1.29 is 32.2 Å². The molecule has 0 radical (unpaired) electrons. The molecule has 5 nitrogen and oxygen atoms in total. The summed E-state index contributed by atoms with van der Waals surface area (Å²) in [6, 6.07) is 5.15. The number of hydrogen-bond donors (Lipinski definition) is 0. The monoisotopic (exact) mass is 319 g/mol. The maximum Gasteiger partial charge on any atom is 0.471 e. The lowest BCUT2D eigenvalue weighted by Crippen LogP contribution is -2.45. The molecule has 0 bridgehead atoms. The van der Waals surface area contributed by atoms with Gasteiger partial charge < -0.3 is 14.4 Å². The summed E-state index contributed by atoms with van der Waals surface area (Å²) in [6.07, 6.45) is -4.91. The van der Waals surface area contributed by atoms with Crippen LogP contribution in [0.3, 0.4) is 0 Å². The van der Waals surface area contributed by atoms with Crippen LogP contribution in [0.5, 0.6) is 5.75 Å². The van der Waals surface area contributed by atoms with Gasteiger partial charge in [-0.3, -0.25) is 4.79 Å². The summed E-state index contributed by atoms with van der Waals surface area (Å²) in [5.74, 6) is -2.06. The van der Waals surface area contributed by atoms with Gasteiger partial charge in [0.1, 0.15) is 12.4 Å². The van der Waals surface area contributed by atoms with Crippen LogP contribution in [0, 0.1) is 0 Å². The normalized spacial score (nSPS) is 12.5. The number of likely N-dealkylation sites (N-methyl/N-ethyl adjacent to an activating group) is 1. The zero-order valence-electron chi connectivity index (χ0n) is 12.3. The molecule has 1 atom stereocenters. The summed E-state index contributed by atoms with van der Waals surface area (Å²) in [7, 11) is 2.31. The number of alkyl halides is 3. The Labute approximate surface area is 125 Å². The van der Waals surface area contributed by atoms with Crippen LogP contribution in [0.25, 0.3) is 0 Å². The van der Waals surface area contributed by atoms with Crippen LogP contribution in [0.2, 0.25) is 0 Å². The summed E-state index contributed by atoms with van der Waals surface area (Å²) in [5.41, 5.74) is 0.326. The van der Waals surface area contributed by atoms with Gasteiger partial charge in [0.15, 0.2) is 0 Å². The van der Waals surface area contributed by atoms with Gasteiger partial charge in [0, 0.05) is 7.05 Å². The third-order valence-corrected chi connectivity index (χ3v) is 2.99. The molecule has 0 saturated carbocycles. The molecule has 0 aliphatic rings. The molecule has 1 aromatic rings. The lowest BCUT2D eigenvalue weighted by Gasteiger charge is -2.25. The highest BCUT2D eigenvalue weighted by Gasteiger charge is 2.42. The van der Waals surface area contributed by atoms with Gasteiger partial charge in [0.25, 0.3) is 0 Å². The molecule has 1 aromatic carbocycles. The number of hydrogen-bond acceptors (Lipinski definition) is 4. The number of carbonyl (C=O) groups excluding carboxylic acids is 2. The van der Waals surface area contributed by atoms with Crippen molar-refractivity contribution in [3.8, 4) is 5.75 Å². The zero-order valence-corrected chi connectivity index (χ0v) is 12.3. The maximum absolute atomic E-state index is 12.3. The van der Waals surface area contributed by atoms with E-state index in [9.17, 15) is 22.8 Å². The molecule has 122 valence electrons. The molecule has 0 aliphatic carbocycles. The van der Waals surface area contributed by atoms with Gasteiger partial charge in [-0.2, -0.15) is 13.2 Å². The fourth-order valence-corrected chi connectivity index (χ4v) is 1.53. The molecule has 0 fully saturated rings. The van der Waals surface area contributed by atoms with Crippen LogP contribution in [0.4, 0.5) is 13.2 Å². The standard InChI is InChI=1S/C14H16F3NO4/c1-9(18(2)13(20)14(15,16)17)8-22-11-6-4-10(5-7-11)12(19)21-3/h4-7,9H,8H2,1-3H3/t9-/m0/s1. The Bertz CT molecular complexity index is 528. The topological polar surface area (TPSA) is 55.8 Å². The number of amides is 1. The molecule has 22 heavy (non-hydrogen) atoms. The largest absolute Gasteiger partial charge is 0.491 e. The van der Waals surface area contributed by atoms with Gasteiger partial charge in [0.2, 0.25) is 0 Å². The first-order valence-corrected chi connectivity index (χ1v) is 6.32. The van der Waals surface area contributed by atoms with E-state index in [-0.39, 0.29) is 6.61 Å². The van der Waals surface area contributed by atoms with Gasteiger partial charge in [-0.1, -0.05) is 0 Å². The Kier molecular flexibility index (Phi) is 5.78. The van der Waals surface area contributed by atoms with Crippen LogP contribution in [-0.4, -0.2) is 49.8 Å². The Hall–Kier alpha value is -2.25. The van der Waals surface area contributed by atoms with Crippen molar-refractivity contribution in [2.45, 2.75) is 19.1 Å². The van der Waals surface area contributed by atoms with Crippen molar-refractivity contribution in [2.75, 3.05) is 20.8 Å². The van der Waals surface area contributed by atoms with E-state index < -0.39 is 24.1 Å². The van der Waals surface area contributed by atoms with Crippen LogP contribution >= 0.6 is 0 Å². The quantitative estimate of drug-likeness (QED) is 0.781. The molecule has 0 aromatic heterocycles. The number of ether oxygens (including phenoxy) is 2. The molecule has 0 N–H and O–H groups in total. The summed E-state index contributed by atoms with van der Waals surface area (Å²) >= 11 is 0. The van der Waals surface area contributed by atoms with Crippen LogP contribution in [0.1, 0.15) is 17.3 Å². The van der Waals surface area contributed by atoms with E-state index in [2.05, 4.69) is 4.74 Å². The van der Waals surface area contributed by atoms with Gasteiger partial charge >= 0.3 is 18.1 Å². The lowest BCUT2D eigenvalue weighted by molar-refractivity contribution is -0.186. The molecular weight excluding hydrogens is 303 g/mol. The predicted molar refractivity (Wildman–Crippen MR) is 71.6 cm³/mol. The van der Waals surface area contributed by atoms with Gasteiger partial charge in [-0.15, -0.1) is 0 Å². The van der Waals surface area contributed by atoms with E-state index in [4.69, 9.17) is 4.74 Å². The van der Waals surface area contributed by atoms with E-state index in [1.165, 1.54) is 38.3 Å². The van der Waals surface area contributed by atoms with E-state index in [0.717, 1.165) is 7.05 Å². The van der Waals surface area contributed by atoms with Crippen molar-refractivity contribution in [1.29, 1.82) is 0 Å². The Balaban J connectivity index is 2.59. The van der Waals surface area contributed by atoms with Gasteiger partial charge in [-0.05, 0) is 31.2 Å². The molecule has 0 aliphatic heterocycles. The highest BCUT2D eigenvalue weighted by molar-refractivity contribution is 5.89. The van der Waals surface area contributed by atoms with Crippen LogP contribution in [0.15, 0.2) is 24.3 Å². The number of esters is 1.